The number of hydrogen-bond acceptors (Lipinski definition) is 6. The van der Waals surface area contributed by atoms with Crippen LogP contribution >= 0.6 is 27.5 Å². The SMILES string of the molecule is Cn1nc(Br)c2c(=O)n(CC(=O)Nc3cccc(Cl)c3N3CCOCC3)cnc21. The zero-order chi connectivity index (χ0) is 20.5. The first kappa shape index (κ1) is 19.9. The predicted molar refractivity (Wildman–Crippen MR) is 114 cm³/mol. The number of para-hydroxylation sites is 1. The highest BCUT2D eigenvalue weighted by atomic mass is 79.9. The summed E-state index contributed by atoms with van der Waals surface area (Å²) in [6.45, 7) is 2.38. The second-order valence-corrected chi connectivity index (χ2v) is 7.73. The fourth-order valence-electron chi connectivity index (χ4n) is 3.32. The van der Waals surface area contributed by atoms with Gasteiger partial charge in [0.2, 0.25) is 5.91 Å². The predicted octanol–water partition coefficient (Wildman–Crippen LogP) is 2.02. The van der Waals surface area contributed by atoms with Crippen LogP contribution in [0.5, 0.6) is 0 Å². The summed E-state index contributed by atoms with van der Waals surface area (Å²) in [6, 6.07) is 5.34. The van der Waals surface area contributed by atoms with Crippen LogP contribution in [0.2, 0.25) is 5.02 Å². The quantitative estimate of drug-likeness (QED) is 0.613. The van der Waals surface area contributed by atoms with Crippen LogP contribution in [0.25, 0.3) is 11.0 Å². The fourth-order valence-corrected chi connectivity index (χ4v) is 4.20. The van der Waals surface area contributed by atoms with E-state index in [1.807, 2.05) is 0 Å². The molecule has 0 unspecified atom stereocenters. The van der Waals surface area contributed by atoms with Crippen molar-refractivity contribution >= 4 is 55.8 Å². The minimum Gasteiger partial charge on any atom is -0.378 e. The lowest BCUT2D eigenvalue weighted by Crippen LogP contribution is -2.37. The Morgan fingerprint density at radius 2 is 2.10 bits per heavy atom. The minimum atomic E-state index is -0.356. The number of benzene rings is 1. The van der Waals surface area contributed by atoms with E-state index in [2.05, 4.69) is 36.2 Å². The van der Waals surface area contributed by atoms with Gasteiger partial charge in [0, 0.05) is 20.1 Å². The Hall–Kier alpha value is -2.43. The molecule has 0 radical (unpaired) electrons. The molecule has 2 aromatic heterocycles. The van der Waals surface area contributed by atoms with E-state index in [1.54, 1.807) is 25.2 Å². The lowest BCUT2D eigenvalue weighted by atomic mass is 10.2. The van der Waals surface area contributed by atoms with Crippen LogP contribution in [0.4, 0.5) is 11.4 Å². The van der Waals surface area contributed by atoms with Gasteiger partial charge in [-0.15, -0.1) is 0 Å². The van der Waals surface area contributed by atoms with Gasteiger partial charge in [0.15, 0.2) is 5.65 Å². The van der Waals surface area contributed by atoms with Gasteiger partial charge < -0.3 is 15.0 Å². The average Bonchev–Trinajstić information content (AvgIpc) is 2.99. The summed E-state index contributed by atoms with van der Waals surface area (Å²) in [5.74, 6) is -0.356. The number of amides is 1. The maximum atomic E-state index is 12.7. The minimum absolute atomic E-state index is 0.182. The summed E-state index contributed by atoms with van der Waals surface area (Å²) < 4.78 is 8.55. The number of nitrogens with zero attached hydrogens (tertiary/aromatic N) is 5. The highest BCUT2D eigenvalue weighted by molar-refractivity contribution is 9.10. The van der Waals surface area contributed by atoms with E-state index in [-0.39, 0.29) is 18.0 Å². The molecule has 1 aliphatic rings. The molecule has 0 aliphatic carbocycles. The van der Waals surface area contributed by atoms with E-state index in [9.17, 15) is 9.59 Å². The molecular formula is C18H18BrClN6O3. The van der Waals surface area contributed by atoms with Crippen molar-refractivity contribution in [3.8, 4) is 0 Å². The van der Waals surface area contributed by atoms with Gasteiger partial charge in [0.25, 0.3) is 5.56 Å². The van der Waals surface area contributed by atoms with Crippen molar-refractivity contribution in [1.29, 1.82) is 0 Å². The zero-order valence-corrected chi connectivity index (χ0v) is 17.9. The maximum absolute atomic E-state index is 12.7. The molecule has 0 spiro atoms. The molecule has 3 aromatic rings. The van der Waals surface area contributed by atoms with Gasteiger partial charge in [-0.25, -0.2) is 9.67 Å². The fraction of sp³-hybridized carbons (Fsp3) is 0.333. The number of hydrogen-bond donors (Lipinski definition) is 1. The lowest BCUT2D eigenvalue weighted by Gasteiger charge is -2.31. The van der Waals surface area contributed by atoms with E-state index < -0.39 is 0 Å². The monoisotopic (exact) mass is 480 g/mol. The van der Waals surface area contributed by atoms with Crippen LogP contribution in [0.15, 0.2) is 33.9 Å². The number of halogens is 2. The molecule has 1 aliphatic heterocycles. The number of fused-ring (bicyclic) bond motifs is 1. The molecule has 1 aromatic carbocycles. The number of rotatable bonds is 4. The van der Waals surface area contributed by atoms with Crippen molar-refractivity contribution in [2.75, 3.05) is 36.5 Å². The number of aromatic nitrogens is 4. The second-order valence-electron chi connectivity index (χ2n) is 6.57. The first-order valence-electron chi connectivity index (χ1n) is 8.94. The molecule has 152 valence electrons. The van der Waals surface area contributed by atoms with E-state index in [1.165, 1.54) is 15.6 Å². The number of nitrogens with one attached hydrogen (secondary N) is 1. The Morgan fingerprint density at radius 1 is 1.34 bits per heavy atom. The molecule has 9 nitrogen and oxygen atoms in total. The Morgan fingerprint density at radius 3 is 2.86 bits per heavy atom. The van der Waals surface area contributed by atoms with Gasteiger partial charge >= 0.3 is 0 Å². The average molecular weight is 482 g/mol. The van der Waals surface area contributed by atoms with Crippen molar-refractivity contribution in [3.63, 3.8) is 0 Å². The third-order valence-corrected chi connectivity index (χ3v) is 5.53. The summed E-state index contributed by atoms with van der Waals surface area (Å²) in [5.41, 5.74) is 1.45. The molecule has 3 heterocycles. The molecule has 0 atom stereocenters. The van der Waals surface area contributed by atoms with Gasteiger partial charge in [-0.2, -0.15) is 5.10 Å². The molecule has 4 rings (SSSR count). The van der Waals surface area contributed by atoms with Crippen molar-refractivity contribution in [2.24, 2.45) is 7.05 Å². The Labute approximate surface area is 179 Å². The normalized spacial score (nSPS) is 14.4. The largest absolute Gasteiger partial charge is 0.378 e. The Balaban J connectivity index is 1.59. The van der Waals surface area contributed by atoms with E-state index in [0.29, 0.717) is 52.6 Å². The van der Waals surface area contributed by atoms with Gasteiger partial charge in [-0.1, -0.05) is 17.7 Å². The number of anilines is 2. The third kappa shape index (κ3) is 3.87. The number of carbonyl (C=O) groups excluding carboxylic acids is 1. The summed E-state index contributed by atoms with van der Waals surface area (Å²) in [5, 5.41) is 7.88. The zero-order valence-electron chi connectivity index (χ0n) is 15.6. The first-order chi connectivity index (χ1) is 14.0. The lowest BCUT2D eigenvalue weighted by molar-refractivity contribution is -0.116. The summed E-state index contributed by atoms with van der Waals surface area (Å²) >= 11 is 9.67. The van der Waals surface area contributed by atoms with Crippen LogP contribution in [0.3, 0.4) is 0 Å². The summed E-state index contributed by atoms with van der Waals surface area (Å²) in [7, 11) is 1.70. The third-order valence-electron chi connectivity index (χ3n) is 4.67. The van der Waals surface area contributed by atoms with Gasteiger partial charge in [-0.3, -0.25) is 14.2 Å². The molecular weight excluding hydrogens is 464 g/mol. The molecule has 29 heavy (non-hydrogen) atoms. The van der Waals surface area contributed by atoms with Crippen LogP contribution in [-0.4, -0.2) is 51.5 Å². The van der Waals surface area contributed by atoms with Crippen molar-refractivity contribution < 1.29 is 9.53 Å². The van der Waals surface area contributed by atoms with Crippen molar-refractivity contribution in [3.05, 3.63) is 44.5 Å². The molecule has 11 heteroatoms. The molecule has 1 amide bonds. The number of aryl methyl sites for hydroxylation is 1. The van der Waals surface area contributed by atoms with Crippen LogP contribution in [-0.2, 0) is 23.1 Å². The Kier molecular flexibility index (Phi) is 5.57. The second kappa shape index (κ2) is 8.13. The maximum Gasteiger partial charge on any atom is 0.266 e. The van der Waals surface area contributed by atoms with E-state index >= 15 is 0 Å². The van der Waals surface area contributed by atoms with Gasteiger partial charge in [-0.05, 0) is 28.1 Å². The number of ether oxygens (including phenoxy) is 1. The standard InChI is InChI=1S/C18H18BrClN6O3/c1-24-17-14(16(19)23-24)18(28)26(10-21-17)9-13(27)22-12-4-2-3-11(20)15(12)25-5-7-29-8-6-25/h2-4,10H,5-9H2,1H3,(H,22,27). The Bertz CT molecular complexity index is 1140. The van der Waals surface area contributed by atoms with Crippen molar-refractivity contribution in [1.82, 2.24) is 19.3 Å². The van der Waals surface area contributed by atoms with Crippen LogP contribution < -0.4 is 15.8 Å². The highest BCUT2D eigenvalue weighted by Crippen LogP contribution is 2.34. The molecule has 0 bridgehead atoms. The number of morpholine rings is 1. The van der Waals surface area contributed by atoms with Gasteiger partial charge in [0.1, 0.15) is 22.9 Å². The molecule has 0 saturated carbocycles. The van der Waals surface area contributed by atoms with E-state index in [4.69, 9.17) is 16.3 Å². The molecule has 1 N–H and O–H groups in total. The van der Waals surface area contributed by atoms with E-state index in [0.717, 1.165) is 5.69 Å². The van der Waals surface area contributed by atoms with Crippen LogP contribution in [0.1, 0.15) is 0 Å². The molecule has 1 saturated heterocycles. The summed E-state index contributed by atoms with van der Waals surface area (Å²) in [4.78, 5) is 31.7. The number of carbonyl (C=O) groups is 1. The van der Waals surface area contributed by atoms with Crippen molar-refractivity contribution in [2.45, 2.75) is 6.54 Å². The smallest absolute Gasteiger partial charge is 0.266 e. The topological polar surface area (TPSA) is 94.3 Å². The molecule has 1 fully saturated rings. The van der Waals surface area contributed by atoms with Crippen LogP contribution in [0, 0.1) is 0 Å². The highest BCUT2D eigenvalue weighted by Gasteiger charge is 2.20. The summed E-state index contributed by atoms with van der Waals surface area (Å²) in [6.07, 6.45) is 1.35. The first-order valence-corrected chi connectivity index (χ1v) is 10.1. The van der Waals surface area contributed by atoms with Gasteiger partial charge in [0.05, 0.1) is 29.6 Å².